The number of pyridine rings is 1. The largest absolute Gasteiger partial charge is 0.491 e. The lowest BCUT2D eigenvalue weighted by molar-refractivity contribution is 0.0994. The van der Waals surface area contributed by atoms with Crippen LogP contribution in [0.1, 0.15) is 40.7 Å². The van der Waals surface area contributed by atoms with Gasteiger partial charge < -0.3 is 20.1 Å². The second-order valence-corrected chi connectivity index (χ2v) is 8.23. The third-order valence-corrected chi connectivity index (χ3v) is 6.30. The van der Waals surface area contributed by atoms with Crippen molar-refractivity contribution in [2.75, 3.05) is 26.8 Å². The van der Waals surface area contributed by atoms with Crippen molar-refractivity contribution in [2.45, 2.75) is 38.1 Å². The van der Waals surface area contributed by atoms with Crippen LogP contribution in [0.25, 0.3) is 11.1 Å². The van der Waals surface area contributed by atoms with Gasteiger partial charge in [-0.1, -0.05) is 0 Å². The molecule has 1 fully saturated rings. The lowest BCUT2D eigenvalue weighted by Gasteiger charge is -2.22. The van der Waals surface area contributed by atoms with Gasteiger partial charge in [-0.2, -0.15) is 0 Å². The fraction of sp³-hybridized carbons (Fsp3) is 0.435. The highest BCUT2D eigenvalue weighted by Crippen LogP contribution is 2.43. The van der Waals surface area contributed by atoms with E-state index in [0.717, 1.165) is 53.7 Å². The van der Waals surface area contributed by atoms with Gasteiger partial charge in [0.25, 0.3) is 5.91 Å². The number of ether oxygens (including phenoxy) is 2. The summed E-state index contributed by atoms with van der Waals surface area (Å²) in [4.78, 5) is 23.7. The molecule has 4 heterocycles. The first-order chi connectivity index (χ1) is 14.6. The van der Waals surface area contributed by atoms with Gasteiger partial charge >= 0.3 is 0 Å². The Hall–Kier alpha value is -2.93. The quantitative estimate of drug-likeness (QED) is 0.825. The first kappa shape index (κ1) is 19.1. The van der Waals surface area contributed by atoms with E-state index in [1.807, 2.05) is 18.5 Å². The zero-order valence-electron chi connectivity index (χ0n) is 17.2. The number of amides is 1. The molecule has 2 aromatic rings. The normalized spacial score (nSPS) is 20.0. The summed E-state index contributed by atoms with van der Waals surface area (Å²) in [6.07, 6.45) is 8.40. The van der Waals surface area contributed by atoms with E-state index in [9.17, 15) is 4.79 Å². The van der Waals surface area contributed by atoms with Gasteiger partial charge in [0, 0.05) is 47.1 Å². The number of fused-ring (bicyclic) bond motifs is 2. The van der Waals surface area contributed by atoms with Gasteiger partial charge in [-0.3, -0.25) is 9.79 Å². The van der Waals surface area contributed by atoms with Crippen molar-refractivity contribution in [3.63, 3.8) is 0 Å². The maximum atomic E-state index is 12.3. The van der Waals surface area contributed by atoms with E-state index < -0.39 is 5.91 Å². The van der Waals surface area contributed by atoms with Gasteiger partial charge in [0.05, 0.1) is 17.9 Å². The number of aliphatic imine (C=N–C) groups is 1. The minimum Gasteiger partial charge on any atom is -0.491 e. The number of hydrogen-bond acceptors (Lipinski definition) is 6. The highest BCUT2D eigenvalue weighted by Gasteiger charge is 2.27. The van der Waals surface area contributed by atoms with Crippen LogP contribution in [0, 0.1) is 0 Å². The van der Waals surface area contributed by atoms with Crippen LogP contribution in [0.4, 0.5) is 5.69 Å². The number of benzene rings is 1. The number of primary amides is 1. The van der Waals surface area contributed by atoms with Crippen LogP contribution in [0.15, 0.2) is 23.3 Å². The Morgan fingerprint density at radius 2 is 2.27 bits per heavy atom. The third-order valence-electron chi connectivity index (χ3n) is 6.30. The van der Waals surface area contributed by atoms with Crippen LogP contribution in [-0.4, -0.2) is 54.9 Å². The molecule has 1 aromatic carbocycles. The third kappa shape index (κ3) is 3.33. The second kappa shape index (κ2) is 7.72. The van der Waals surface area contributed by atoms with E-state index in [2.05, 4.69) is 28.0 Å². The standard InChI is InChI=1S/C23H26N4O3/c1-27-8-2-5-16(27)13-30-19-11-18(21-17(6-7-25-21)20(19)22(24)28)15-10-14-4-3-9-29-23(14)26-12-15/h7,10-12,16H,2-6,8-9,13H2,1H3,(H2,24,28)/t16-/m1/s1. The highest BCUT2D eigenvalue weighted by atomic mass is 16.5. The van der Waals surface area contributed by atoms with Gasteiger partial charge in [0.2, 0.25) is 5.88 Å². The molecule has 0 saturated carbocycles. The summed E-state index contributed by atoms with van der Waals surface area (Å²) >= 11 is 0. The van der Waals surface area contributed by atoms with Crippen LogP contribution < -0.4 is 15.2 Å². The molecule has 0 unspecified atom stereocenters. The van der Waals surface area contributed by atoms with E-state index in [1.165, 1.54) is 6.42 Å². The predicted molar refractivity (Wildman–Crippen MR) is 115 cm³/mol. The van der Waals surface area contributed by atoms with Crippen molar-refractivity contribution in [3.8, 4) is 22.8 Å². The van der Waals surface area contributed by atoms with Crippen molar-refractivity contribution >= 4 is 17.8 Å². The molecule has 1 saturated heterocycles. The Morgan fingerprint density at radius 1 is 1.37 bits per heavy atom. The molecule has 0 spiro atoms. The number of aryl methyl sites for hydroxylation is 1. The van der Waals surface area contributed by atoms with Gasteiger partial charge in [-0.25, -0.2) is 4.98 Å². The fourth-order valence-electron chi connectivity index (χ4n) is 4.64. The highest BCUT2D eigenvalue weighted by molar-refractivity contribution is 6.03. The molecular formula is C23H26N4O3. The molecule has 7 nitrogen and oxygen atoms in total. The van der Waals surface area contributed by atoms with Crippen LogP contribution in [0.3, 0.4) is 0 Å². The molecule has 3 aliphatic rings. The Kier molecular flexibility index (Phi) is 4.90. The second-order valence-electron chi connectivity index (χ2n) is 8.23. The van der Waals surface area contributed by atoms with Crippen molar-refractivity contribution < 1.29 is 14.3 Å². The predicted octanol–water partition coefficient (Wildman–Crippen LogP) is 2.90. The molecule has 156 valence electrons. The van der Waals surface area contributed by atoms with Crippen LogP contribution >= 0.6 is 0 Å². The van der Waals surface area contributed by atoms with E-state index in [0.29, 0.717) is 42.9 Å². The molecule has 5 rings (SSSR count). The van der Waals surface area contributed by atoms with Crippen LogP contribution in [0.2, 0.25) is 0 Å². The molecule has 1 atom stereocenters. The number of likely N-dealkylation sites (N-methyl/N-ethyl adjacent to an activating group) is 1. The van der Waals surface area contributed by atoms with E-state index >= 15 is 0 Å². The first-order valence-corrected chi connectivity index (χ1v) is 10.6. The monoisotopic (exact) mass is 406 g/mol. The Morgan fingerprint density at radius 3 is 3.07 bits per heavy atom. The summed E-state index contributed by atoms with van der Waals surface area (Å²) in [5, 5.41) is 0. The minimum absolute atomic E-state index is 0.348. The molecule has 0 aliphatic carbocycles. The van der Waals surface area contributed by atoms with Gasteiger partial charge in [-0.05, 0) is 51.4 Å². The number of aromatic nitrogens is 1. The Labute approximate surface area is 175 Å². The van der Waals surface area contributed by atoms with Crippen LogP contribution in [0.5, 0.6) is 11.6 Å². The van der Waals surface area contributed by atoms with Crippen molar-refractivity contribution in [3.05, 3.63) is 35.0 Å². The van der Waals surface area contributed by atoms with E-state index in [1.54, 1.807) is 0 Å². The summed E-state index contributed by atoms with van der Waals surface area (Å²) in [6.45, 7) is 2.31. The van der Waals surface area contributed by atoms with Gasteiger partial charge in [0.1, 0.15) is 12.4 Å². The first-order valence-electron chi connectivity index (χ1n) is 10.6. The number of nitrogens with two attached hydrogens (primary N) is 1. The molecule has 0 bridgehead atoms. The van der Waals surface area contributed by atoms with Crippen LogP contribution in [-0.2, 0) is 12.8 Å². The number of rotatable bonds is 5. The van der Waals surface area contributed by atoms with E-state index in [-0.39, 0.29) is 0 Å². The number of hydrogen-bond donors (Lipinski definition) is 1. The summed E-state index contributed by atoms with van der Waals surface area (Å²) in [6, 6.07) is 4.37. The smallest absolute Gasteiger partial charge is 0.252 e. The molecule has 1 aromatic heterocycles. The molecule has 7 heteroatoms. The maximum absolute atomic E-state index is 12.3. The maximum Gasteiger partial charge on any atom is 0.252 e. The molecular weight excluding hydrogens is 380 g/mol. The SMILES string of the molecule is CN1CCC[C@@H]1COc1cc(-c2cnc3c(c2)CCCO3)c2c(c1C(N)=O)CC=N2. The Balaban J connectivity index is 1.56. The van der Waals surface area contributed by atoms with Crippen molar-refractivity contribution in [1.82, 2.24) is 9.88 Å². The summed E-state index contributed by atoms with van der Waals surface area (Å²) < 4.78 is 11.9. The average molecular weight is 406 g/mol. The number of carbonyl (C=O) groups excluding carboxylic acids is 1. The molecule has 3 aliphatic heterocycles. The lowest BCUT2D eigenvalue weighted by atomic mass is 9.94. The topological polar surface area (TPSA) is 90.0 Å². The zero-order valence-corrected chi connectivity index (χ0v) is 17.2. The van der Waals surface area contributed by atoms with Crippen molar-refractivity contribution in [1.29, 1.82) is 0 Å². The molecule has 1 amide bonds. The molecule has 30 heavy (non-hydrogen) atoms. The zero-order chi connectivity index (χ0) is 20.7. The molecule has 0 radical (unpaired) electrons. The molecule has 2 N–H and O–H groups in total. The average Bonchev–Trinajstić information content (AvgIpc) is 3.39. The number of likely N-dealkylation sites (tertiary alicyclic amines) is 1. The lowest BCUT2D eigenvalue weighted by Crippen LogP contribution is -2.31. The number of carbonyl (C=O) groups is 1. The fourth-order valence-corrected chi connectivity index (χ4v) is 4.64. The summed E-state index contributed by atoms with van der Waals surface area (Å²) in [5.41, 5.74) is 10.8. The van der Waals surface area contributed by atoms with Crippen molar-refractivity contribution in [2.24, 2.45) is 10.7 Å². The summed E-state index contributed by atoms with van der Waals surface area (Å²) in [5.74, 6) is 0.769. The number of nitrogens with zero attached hydrogens (tertiary/aromatic N) is 3. The Bertz CT molecular complexity index is 1030. The minimum atomic E-state index is -0.477. The van der Waals surface area contributed by atoms with E-state index in [4.69, 9.17) is 15.2 Å². The summed E-state index contributed by atoms with van der Waals surface area (Å²) in [7, 11) is 2.11. The van der Waals surface area contributed by atoms with Gasteiger partial charge in [0.15, 0.2) is 0 Å². The van der Waals surface area contributed by atoms with Gasteiger partial charge in [-0.15, -0.1) is 0 Å².